The Bertz CT molecular complexity index is 879. The van der Waals surface area contributed by atoms with E-state index in [-0.39, 0.29) is 18.0 Å². The number of hydrogen-bond donors (Lipinski definition) is 0. The first-order chi connectivity index (χ1) is 10.9. The second kappa shape index (κ2) is 5.86. The maximum absolute atomic E-state index is 12.9. The van der Waals surface area contributed by atoms with Crippen LogP contribution < -0.4 is 4.31 Å². The van der Waals surface area contributed by atoms with E-state index in [0.29, 0.717) is 21.8 Å². The SMILES string of the molecule is CCOC(=O)CN1c2ccc(Cl)cc2-c2ccccc2S1(=O)=O. The van der Waals surface area contributed by atoms with Gasteiger partial charge in [0.2, 0.25) is 0 Å². The monoisotopic (exact) mass is 351 g/mol. The van der Waals surface area contributed by atoms with Crippen LogP contribution in [0.2, 0.25) is 5.02 Å². The summed E-state index contributed by atoms with van der Waals surface area (Å²) in [6.07, 6.45) is 0. The number of benzene rings is 2. The standard InChI is InChI=1S/C16H14ClNO4S/c1-2-22-16(19)10-18-14-8-7-11(17)9-13(14)12-5-3-4-6-15(12)23(18,20)21/h3-9H,2,10H2,1H3. The van der Waals surface area contributed by atoms with Crippen molar-refractivity contribution in [2.24, 2.45) is 0 Å². The Kier molecular flexibility index (Phi) is 4.04. The van der Waals surface area contributed by atoms with E-state index in [4.69, 9.17) is 16.3 Å². The van der Waals surface area contributed by atoms with Crippen LogP contribution >= 0.6 is 11.6 Å². The molecule has 120 valence electrons. The van der Waals surface area contributed by atoms with Crippen LogP contribution in [0.5, 0.6) is 0 Å². The van der Waals surface area contributed by atoms with Gasteiger partial charge in [-0.05, 0) is 31.2 Å². The summed E-state index contributed by atoms with van der Waals surface area (Å²) >= 11 is 6.06. The molecule has 7 heteroatoms. The van der Waals surface area contributed by atoms with Crippen LogP contribution in [-0.2, 0) is 19.6 Å². The first kappa shape index (κ1) is 15.8. The fraction of sp³-hybridized carbons (Fsp3) is 0.188. The fourth-order valence-electron chi connectivity index (χ4n) is 2.60. The molecule has 0 spiro atoms. The van der Waals surface area contributed by atoms with Crippen molar-refractivity contribution in [1.82, 2.24) is 0 Å². The van der Waals surface area contributed by atoms with E-state index in [1.807, 2.05) is 0 Å². The van der Waals surface area contributed by atoms with Crippen molar-refractivity contribution >= 4 is 33.3 Å². The van der Waals surface area contributed by atoms with Crippen molar-refractivity contribution in [3.63, 3.8) is 0 Å². The molecular weight excluding hydrogens is 338 g/mol. The van der Waals surface area contributed by atoms with Crippen LogP contribution in [0.3, 0.4) is 0 Å². The highest BCUT2D eigenvalue weighted by Gasteiger charge is 2.36. The summed E-state index contributed by atoms with van der Waals surface area (Å²) in [6, 6.07) is 11.6. The largest absolute Gasteiger partial charge is 0.465 e. The van der Waals surface area contributed by atoms with Gasteiger partial charge in [0.25, 0.3) is 10.0 Å². The van der Waals surface area contributed by atoms with Gasteiger partial charge in [0, 0.05) is 16.1 Å². The Balaban J connectivity index is 2.21. The molecular formula is C16H14ClNO4S. The third-order valence-corrected chi connectivity index (χ3v) is 5.60. The predicted molar refractivity (Wildman–Crippen MR) is 88.1 cm³/mol. The number of nitrogens with zero attached hydrogens (tertiary/aromatic N) is 1. The number of hydrogen-bond acceptors (Lipinski definition) is 4. The van der Waals surface area contributed by atoms with E-state index in [0.717, 1.165) is 4.31 Å². The van der Waals surface area contributed by atoms with Crippen molar-refractivity contribution < 1.29 is 17.9 Å². The molecule has 0 aromatic heterocycles. The molecule has 1 heterocycles. The van der Waals surface area contributed by atoms with Crippen molar-refractivity contribution in [3.8, 4) is 11.1 Å². The molecule has 3 rings (SSSR count). The van der Waals surface area contributed by atoms with E-state index in [1.165, 1.54) is 6.07 Å². The smallest absolute Gasteiger partial charge is 0.326 e. The summed E-state index contributed by atoms with van der Waals surface area (Å²) < 4.78 is 31.7. The van der Waals surface area contributed by atoms with Gasteiger partial charge in [-0.1, -0.05) is 29.8 Å². The molecule has 2 aromatic carbocycles. The average molecular weight is 352 g/mol. The highest BCUT2D eigenvalue weighted by atomic mass is 35.5. The fourth-order valence-corrected chi connectivity index (χ4v) is 4.41. The molecule has 2 aromatic rings. The molecule has 0 radical (unpaired) electrons. The molecule has 0 amide bonds. The summed E-state index contributed by atoms with van der Waals surface area (Å²) in [5.74, 6) is -0.601. The number of carbonyl (C=O) groups is 1. The average Bonchev–Trinajstić information content (AvgIpc) is 2.52. The molecule has 0 bridgehead atoms. The van der Waals surface area contributed by atoms with Gasteiger partial charge in [-0.3, -0.25) is 9.10 Å². The van der Waals surface area contributed by atoms with Crippen molar-refractivity contribution in [2.45, 2.75) is 11.8 Å². The quantitative estimate of drug-likeness (QED) is 0.797. The van der Waals surface area contributed by atoms with Gasteiger partial charge in [0.15, 0.2) is 0 Å². The topological polar surface area (TPSA) is 63.7 Å². The minimum atomic E-state index is -3.83. The third kappa shape index (κ3) is 2.68. The summed E-state index contributed by atoms with van der Waals surface area (Å²) in [5, 5.41) is 0.494. The number of carbonyl (C=O) groups excluding carboxylic acids is 1. The molecule has 1 aliphatic heterocycles. The number of fused-ring (bicyclic) bond motifs is 3. The second-order valence-electron chi connectivity index (χ2n) is 4.97. The second-order valence-corrected chi connectivity index (χ2v) is 7.24. The lowest BCUT2D eigenvalue weighted by Gasteiger charge is -2.31. The van der Waals surface area contributed by atoms with Gasteiger partial charge >= 0.3 is 5.97 Å². The maximum atomic E-state index is 12.9. The molecule has 23 heavy (non-hydrogen) atoms. The lowest BCUT2D eigenvalue weighted by atomic mass is 10.0. The third-order valence-electron chi connectivity index (χ3n) is 3.55. The molecule has 1 aliphatic rings. The van der Waals surface area contributed by atoms with Crippen LogP contribution in [0.25, 0.3) is 11.1 Å². The molecule has 0 unspecified atom stereocenters. The van der Waals surface area contributed by atoms with E-state index < -0.39 is 16.0 Å². The number of halogens is 1. The highest BCUT2D eigenvalue weighted by Crippen LogP contribution is 2.43. The lowest BCUT2D eigenvalue weighted by Crippen LogP contribution is -2.39. The predicted octanol–water partition coefficient (Wildman–Crippen LogP) is 3.08. The summed E-state index contributed by atoms with van der Waals surface area (Å²) in [4.78, 5) is 12.0. The zero-order chi connectivity index (χ0) is 16.6. The van der Waals surface area contributed by atoms with Gasteiger partial charge in [0.05, 0.1) is 17.2 Å². The summed E-state index contributed by atoms with van der Waals surface area (Å²) in [6.45, 7) is 1.49. The Morgan fingerprint density at radius 1 is 1.17 bits per heavy atom. The van der Waals surface area contributed by atoms with Crippen LogP contribution in [0.15, 0.2) is 47.4 Å². The molecule has 0 aliphatic carbocycles. The van der Waals surface area contributed by atoms with Gasteiger partial charge in [-0.2, -0.15) is 0 Å². The number of esters is 1. The number of anilines is 1. The van der Waals surface area contributed by atoms with Crippen LogP contribution in [0, 0.1) is 0 Å². The Labute approximate surface area is 139 Å². The number of rotatable bonds is 3. The van der Waals surface area contributed by atoms with Gasteiger partial charge in [0.1, 0.15) is 6.54 Å². The van der Waals surface area contributed by atoms with Gasteiger partial charge in [-0.25, -0.2) is 8.42 Å². The molecule has 0 saturated carbocycles. The van der Waals surface area contributed by atoms with E-state index in [1.54, 1.807) is 43.3 Å². The molecule has 0 fully saturated rings. The van der Waals surface area contributed by atoms with Crippen molar-refractivity contribution in [2.75, 3.05) is 17.5 Å². The van der Waals surface area contributed by atoms with Gasteiger partial charge < -0.3 is 4.74 Å². The summed E-state index contributed by atoms with van der Waals surface area (Å²) in [7, 11) is -3.83. The number of ether oxygens (including phenoxy) is 1. The Morgan fingerprint density at radius 2 is 1.91 bits per heavy atom. The molecule has 5 nitrogen and oxygen atoms in total. The zero-order valence-electron chi connectivity index (χ0n) is 12.3. The zero-order valence-corrected chi connectivity index (χ0v) is 13.9. The molecule has 0 N–H and O–H groups in total. The molecule has 0 atom stereocenters. The van der Waals surface area contributed by atoms with E-state index >= 15 is 0 Å². The highest BCUT2D eigenvalue weighted by molar-refractivity contribution is 7.93. The first-order valence-electron chi connectivity index (χ1n) is 7.02. The van der Waals surface area contributed by atoms with Crippen molar-refractivity contribution in [1.29, 1.82) is 0 Å². The number of sulfonamides is 1. The minimum absolute atomic E-state index is 0.152. The Hall–Kier alpha value is -2.05. The van der Waals surface area contributed by atoms with Gasteiger partial charge in [-0.15, -0.1) is 0 Å². The normalized spacial score (nSPS) is 14.8. The minimum Gasteiger partial charge on any atom is -0.465 e. The van der Waals surface area contributed by atoms with E-state index in [9.17, 15) is 13.2 Å². The van der Waals surface area contributed by atoms with Crippen LogP contribution in [-0.4, -0.2) is 27.5 Å². The van der Waals surface area contributed by atoms with E-state index in [2.05, 4.69) is 0 Å². The molecule has 0 saturated heterocycles. The van der Waals surface area contributed by atoms with Crippen LogP contribution in [0.4, 0.5) is 5.69 Å². The maximum Gasteiger partial charge on any atom is 0.326 e. The Morgan fingerprint density at radius 3 is 2.65 bits per heavy atom. The van der Waals surface area contributed by atoms with Crippen molar-refractivity contribution in [3.05, 3.63) is 47.5 Å². The van der Waals surface area contributed by atoms with Crippen LogP contribution in [0.1, 0.15) is 6.92 Å². The first-order valence-corrected chi connectivity index (χ1v) is 8.84. The lowest BCUT2D eigenvalue weighted by molar-refractivity contribution is -0.141. The summed E-state index contributed by atoms with van der Waals surface area (Å²) in [5.41, 5.74) is 1.67.